The molecule has 1 aliphatic rings. The molecule has 0 saturated carbocycles. The molecular formula is C12H24N2O3. The standard InChI is InChI=1S/C12H24N2O3/c1-4-14-5-6-17-10(8-14)7-13-9-12(2,3)11(15)16/h10,13H,4-9H2,1-3H3,(H,15,16). The van der Waals surface area contributed by atoms with E-state index in [1.165, 1.54) is 0 Å². The Hall–Kier alpha value is -0.650. The minimum absolute atomic E-state index is 0.174. The Balaban J connectivity index is 2.24. The van der Waals surface area contributed by atoms with Gasteiger partial charge in [-0.1, -0.05) is 6.92 Å². The summed E-state index contributed by atoms with van der Waals surface area (Å²) in [5, 5.41) is 12.2. The van der Waals surface area contributed by atoms with Crippen LogP contribution in [-0.4, -0.2) is 61.4 Å². The topological polar surface area (TPSA) is 61.8 Å². The van der Waals surface area contributed by atoms with Crippen molar-refractivity contribution in [2.45, 2.75) is 26.9 Å². The minimum atomic E-state index is -0.773. The van der Waals surface area contributed by atoms with E-state index < -0.39 is 11.4 Å². The van der Waals surface area contributed by atoms with E-state index in [0.29, 0.717) is 13.1 Å². The van der Waals surface area contributed by atoms with E-state index in [4.69, 9.17) is 9.84 Å². The van der Waals surface area contributed by atoms with Crippen molar-refractivity contribution in [2.24, 2.45) is 5.41 Å². The van der Waals surface area contributed by atoms with Gasteiger partial charge in [0, 0.05) is 26.2 Å². The van der Waals surface area contributed by atoms with Crippen molar-refractivity contribution in [1.82, 2.24) is 10.2 Å². The van der Waals surface area contributed by atoms with Gasteiger partial charge in [0.15, 0.2) is 0 Å². The number of nitrogens with zero attached hydrogens (tertiary/aromatic N) is 1. The summed E-state index contributed by atoms with van der Waals surface area (Å²) < 4.78 is 5.63. The number of ether oxygens (including phenoxy) is 1. The summed E-state index contributed by atoms with van der Waals surface area (Å²) in [6, 6.07) is 0. The van der Waals surface area contributed by atoms with Crippen molar-refractivity contribution in [2.75, 3.05) is 39.3 Å². The van der Waals surface area contributed by atoms with Crippen molar-refractivity contribution in [3.8, 4) is 0 Å². The van der Waals surface area contributed by atoms with Crippen LogP contribution in [0.4, 0.5) is 0 Å². The van der Waals surface area contributed by atoms with Gasteiger partial charge in [0.25, 0.3) is 0 Å². The maximum atomic E-state index is 10.9. The van der Waals surface area contributed by atoms with Gasteiger partial charge in [-0.25, -0.2) is 0 Å². The summed E-state index contributed by atoms with van der Waals surface area (Å²) in [4.78, 5) is 13.3. The summed E-state index contributed by atoms with van der Waals surface area (Å²) in [6.45, 7) is 10.5. The van der Waals surface area contributed by atoms with Crippen LogP contribution in [0.15, 0.2) is 0 Å². The first kappa shape index (κ1) is 14.4. The molecule has 0 aliphatic carbocycles. The maximum absolute atomic E-state index is 10.9. The Kier molecular flexibility index (Phi) is 5.36. The summed E-state index contributed by atoms with van der Waals surface area (Å²) in [5.41, 5.74) is -0.723. The van der Waals surface area contributed by atoms with E-state index in [1.807, 2.05) is 0 Å². The van der Waals surface area contributed by atoms with Gasteiger partial charge >= 0.3 is 5.97 Å². The fraction of sp³-hybridized carbons (Fsp3) is 0.917. The van der Waals surface area contributed by atoms with Crippen molar-refractivity contribution < 1.29 is 14.6 Å². The molecule has 1 fully saturated rings. The molecule has 0 aromatic rings. The molecule has 17 heavy (non-hydrogen) atoms. The highest BCUT2D eigenvalue weighted by atomic mass is 16.5. The number of aliphatic carboxylic acids is 1. The van der Waals surface area contributed by atoms with Crippen LogP contribution in [0.1, 0.15) is 20.8 Å². The molecule has 1 saturated heterocycles. The quantitative estimate of drug-likeness (QED) is 0.708. The number of likely N-dealkylation sites (N-methyl/N-ethyl adjacent to an activating group) is 1. The Morgan fingerprint density at radius 2 is 2.29 bits per heavy atom. The predicted molar refractivity (Wildman–Crippen MR) is 66.1 cm³/mol. The fourth-order valence-electron chi connectivity index (χ4n) is 1.81. The fourth-order valence-corrected chi connectivity index (χ4v) is 1.81. The van der Waals surface area contributed by atoms with Crippen LogP contribution in [0.5, 0.6) is 0 Å². The first-order chi connectivity index (χ1) is 7.95. The molecule has 5 nitrogen and oxygen atoms in total. The summed E-state index contributed by atoms with van der Waals surface area (Å²) in [7, 11) is 0. The number of rotatable bonds is 6. The zero-order chi connectivity index (χ0) is 12.9. The van der Waals surface area contributed by atoms with Crippen molar-refractivity contribution in [3.63, 3.8) is 0 Å². The summed E-state index contributed by atoms with van der Waals surface area (Å²) in [5.74, 6) is -0.773. The monoisotopic (exact) mass is 244 g/mol. The average molecular weight is 244 g/mol. The van der Waals surface area contributed by atoms with E-state index in [2.05, 4.69) is 17.1 Å². The van der Waals surface area contributed by atoms with E-state index in [1.54, 1.807) is 13.8 Å². The van der Waals surface area contributed by atoms with Gasteiger partial charge in [-0.05, 0) is 20.4 Å². The molecule has 0 spiro atoms. The van der Waals surface area contributed by atoms with Gasteiger partial charge in [0.1, 0.15) is 0 Å². The normalized spacial score (nSPS) is 22.6. The lowest BCUT2D eigenvalue weighted by Crippen LogP contribution is -2.48. The maximum Gasteiger partial charge on any atom is 0.310 e. The SMILES string of the molecule is CCN1CCOC(CNCC(C)(C)C(=O)O)C1. The number of carboxylic acid groups (broad SMARTS) is 1. The van der Waals surface area contributed by atoms with Gasteiger partial charge in [-0.15, -0.1) is 0 Å². The molecule has 100 valence electrons. The number of morpholine rings is 1. The highest BCUT2D eigenvalue weighted by Gasteiger charge is 2.27. The average Bonchev–Trinajstić information content (AvgIpc) is 2.29. The molecule has 1 aliphatic heterocycles. The molecule has 0 bridgehead atoms. The molecule has 1 atom stereocenters. The lowest BCUT2D eigenvalue weighted by atomic mass is 9.94. The lowest BCUT2D eigenvalue weighted by Gasteiger charge is -2.32. The molecule has 1 rings (SSSR count). The van der Waals surface area contributed by atoms with Crippen LogP contribution >= 0.6 is 0 Å². The molecular weight excluding hydrogens is 220 g/mol. The Morgan fingerprint density at radius 3 is 2.88 bits per heavy atom. The molecule has 0 radical (unpaired) electrons. The molecule has 0 aromatic heterocycles. The Morgan fingerprint density at radius 1 is 1.59 bits per heavy atom. The van der Waals surface area contributed by atoms with Crippen LogP contribution < -0.4 is 5.32 Å². The van der Waals surface area contributed by atoms with Crippen molar-refractivity contribution in [1.29, 1.82) is 0 Å². The first-order valence-electron chi connectivity index (χ1n) is 6.24. The molecule has 2 N–H and O–H groups in total. The zero-order valence-corrected chi connectivity index (χ0v) is 11.0. The first-order valence-corrected chi connectivity index (χ1v) is 6.24. The molecule has 1 heterocycles. The van der Waals surface area contributed by atoms with Crippen LogP contribution in [0.3, 0.4) is 0 Å². The smallest absolute Gasteiger partial charge is 0.310 e. The van der Waals surface area contributed by atoms with E-state index in [0.717, 1.165) is 26.2 Å². The number of hydrogen-bond acceptors (Lipinski definition) is 4. The Labute approximate surface area is 103 Å². The second kappa shape index (κ2) is 6.33. The highest BCUT2D eigenvalue weighted by molar-refractivity contribution is 5.73. The second-order valence-electron chi connectivity index (χ2n) is 5.21. The van der Waals surface area contributed by atoms with Crippen LogP contribution in [0.2, 0.25) is 0 Å². The van der Waals surface area contributed by atoms with E-state index in [-0.39, 0.29) is 6.10 Å². The second-order valence-corrected chi connectivity index (χ2v) is 5.21. The third-order valence-electron chi connectivity index (χ3n) is 3.19. The van der Waals surface area contributed by atoms with Gasteiger partial charge in [0.05, 0.1) is 18.1 Å². The number of hydrogen-bond donors (Lipinski definition) is 2. The minimum Gasteiger partial charge on any atom is -0.481 e. The molecule has 0 aromatic carbocycles. The van der Waals surface area contributed by atoms with Gasteiger partial charge in [-0.2, -0.15) is 0 Å². The third kappa shape index (κ3) is 4.61. The summed E-state index contributed by atoms with van der Waals surface area (Å²) in [6.07, 6.45) is 0.174. The highest BCUT2D eigenvalue weighted by Crippen LogP contribution is 2.13. The largest absolute Gasteiger partial charge is 0.481 e. The van der Waals surface area contributed by atoms with Gasteiger partial charge < -0.3 is 15.2 Å². The third-order valence-corrected chi connectivity index (χ3v) is 3.19. The lowest BCUT2D eigenvalue weighted by molar-refractivity contribution is -0.146. The Bertz CT molecular complexity index is 256. The van der Waals surface area contributed by atoms with Crippen molar-refractivity contribution >= 4 is 5.97 Å². The van der Waals surface area contributed by atoms with Crippen LogP contribution in [0, 0.1) is 5.41 Å². The van der Waals surface area contributed by atoms with Gasteiger partial charge in [0.2, 0.25) is 0 Å². The predicted octanol–water partition coefficient (Wildman–Crippen LogP) is 0.408. The van der Waals surface area contributed by atoms with Crippen molar-refractivity contribution in [3.05, 3.63) is 0 Å². The van der Waals surface area contributed by atoms with Crippen LogP contribution in [0.25, 0.3) is 0 Å². The zero-order valence-electron chi connectivity index (χ0n) is 11.0. The number of carboxylic acids is 1. The molecule has 1 unspecified atom stereocenters. The summed E-state index contributed by atoms with van der Waals surface area (Å²) >= 11 is 0. The van der Waals surface area contributed by atoms with Gasteiger partial charge in [-0.3, -0.25) is 9.69 Å². The molecule has 5 heteroatoms. The number of nitrogens with one attached hydrogen (secondary N) is 1. The number of carbonyl (C=O) groups is 1. The van der Waals surface area contributed by atoms with E-state index in [9.17, 15) is 4.79 Å². The van der Waals surface area contributed by atoms with Crippen LogP contribution in [-0.2, 0) is 9.53 Å². The van der Waals surface area contributed by atoms with E-state index >= 15 is 0 Å². The molecule has 0 amide bonds.